The number of piperidine rings is 1. The molecular weight excluding hydrogens is 526 g/mol. The van der Waals surface area contributed by atoms with Crippen molar-refractivity contribution in [2.24, 2.45) is 5.92 Å². The molecular formula is C24H24F6N2O4S. The van der Waals surface area contributed by atoms with E-state index in [1.165, 1.54) is 25.1 Å². The van der Waals surface area contributed by atoms with E-state index in [-0.39, 0.29) is 23.6 Å². The number of likely N-dealkylation sites (tertiary alicyclic amines) is 1. The average molecular weight is 553 g/mol. The summed E-state index contributed by atoms with van der Waals surface area (Å²) >= 11 is 0. The molecule has 1 aliphatic heterocycles. The van der Waals surface area contributed by atoms with Crippen LogP contribution < -0.4 is 4.72 Å². The number of carbonyl (C=O) groups is 1. The Kier molecular flexibility index (Phi) is 6.19. The molecule has 1 saturated carbocycles. The van der Waals surface area contributed by atoms with Gasteiger partial charge in [0.25, 0.3) is 5.91 Å². The van der Waals surface area contributed by atoms with Gasteiger partial charge in [0.05, 0.1) is 11.8 Å². The molecule has 0 unspecified atom stereocenters. The summed E-state index contributed by atoms with van der Waals surface area (Å²) in [7, 11) is -4.08. The molecule has 0 aromatic heterocycles. The Morgan fingerprint density at radius 1 is 1.19 bits per heavy atom. The summed E-state index contributed by atoms with van der Waals surface area (Å²) in [6.45, 7) is 1.46. The number of benzene rings is 2. The minimum atomic E-state index is -5.46. The molecule has 6 nitrogen and oxygen atoms in total. The van der Waals surface area contributed by atoms with Crippen LogP contribution in [0, 0.1) is 23.4 Å². The second kappa shape index (κ2) is 9.28. The van der Waals surface area contributed by atoms with Crippen molar-refractivity contribution < 1.29 is 47.4 Å². The van der Waals surface area contributed by atoms with Crippen LogP contribution >= 0.6 is 0 Å². The number of sulfonamides is 1. The molecule has 2 aromatic rings. The molecule has 13 heteroatoms. The number of nitrogens with one attached hydrogen (secondary N) is 1. The maximum atomic E-state index is 15.6. The van der Waals surface area contributed by atoms with Gasteiger partial charge in [-0.3, -0.25) is 4.79 Å². The Balaban J connectivity index is 1.81. The highest BCUT2D eigenvalue weighted by Crippen LogP contribution is 2.51. The summed E-state index contributed by atoms with van der Waals surface area (Å²) in [5.74, 6) is -6.68. The van der Waals surface area contributed by atoms with Crippen molar-refractivity contribution in [1.82, 2.24) is 9.62 Å². The van der Waals surface area contributed by atoms with E-state index in [9.17, 15) is 40.3 Å². The third-order valence-electron chi connectivity index (χ3n) is 6.63. The van der Waals surface area contributed by atoms with Crippen molar-refractivity contribution in [2.75, 3.05) is 5.75 Å². The minimum absolute atomic E-state index is 0.186. The molecule has 5 atom stereocenters. The Morgan fingerprint density at radius 3 is 2.38 bits per heavy atom. The normalized spacial score (nSPS) is 27.2. The summed E-state index contributed by atoms with van der Waals surface area (Å²) in [5, 5.41) is 10.1. The van der Waals surface area contributed by atoms with Gasteiger partial charge in [-0.25, -0.2) is 26.3 Å². The van der Waals surface area contributed by atoms with Crippen LogP contribution in [-0.2, 0) is 21.2 Å². The second-order valence-corrected chi connectivity index (χ2v) is 11.2. The summed E-state index contributed by atoms with van der Waals surface area (Å²) in [6.07, 6.45) is -8.36. The third kappa shape index (κ3) is 5.08. The fourth-order valence-corrected chi connectivity index (χ4v) is 5.41. The van der Waals surface area contributed by atoms with Crippen LogP contribution in [0.4, 0.5) is 26.3 Å². The zero-order chi connectivity index (χ0) is 29.3. The Hall–Kier alpha value is -2.64. The lowest BCUT2D eigenvalue weighted by Crippen LogP contribution is -2.60. The van der Waals surface area contributed by atoms with Crippen molar-refractivity contribution in [1.29, 1.82) is 0 Å². The van der Waals surface area contributed by atoms with Crippen molar-refractivity contribution in [2.45, 2.75) is 56.5 Å². The largest absolute Gasteiger partial charge is 0.426 e. The van der Waals surface area contributed by atoms with Crippen LogP contribution in [0.1, 0.15) is 28.5 Å². The van der Waals surface area contributed by atoms with Gasteiger partial charge in [-0.15, -0.1) is 0 Å². The van der Waals surface area contributed by atoms with Crippen LogP contribution in [0.15, 0.2) is 36.4 Å². The molecule has 0 bridgehead atoms. The minimum Gasteiger partial charge on any atom is -0.373 e. The molecule has 202 valence electrons. The van der Waals surface area contributed by atoms with E-state index >= 15 is 4.39 Å². The number of hydrogen-bond acceptors (Lipinski definition) is 4. The molecule has 2 fully saturated rings. The number of nitrogens with zero attached hydrogens (tertiary/aromatic N) is 1. The van der Waals surface area contributed by atoms with E-state index in [2.05, 4.69) is 4.72 Å². The van der Waals surface area contributed by atoms with E-state index < -0.39 is 87.7 Å². The highest BCUT2D eigenvalue weighted by molar-refractivity contribution is 7.89. The summed E-state index contributed by atoms with van der Waals surface area (Å²) in [4.78, 5) is 13.6. The molecule has 1 saturated heterocycles. The maximum Gasteiger partial charge on any atom is 0.426 e. The molecule has 1 heterocycles. The van der Waals surface area contributed by atoms with Crippen molar-refractivity contribution in [3.05, 3.63) is 59.4 Å². The second-order valence-electron chi connectivity index (χ2n) is 9.18. The zero-order valence-electron chi connectivity index (χ0n) is 21.5. The van der Waals surface area contributed by atoms with Crippen LogP contribution in [0.5, 0.6) is 0 Å². The number of alkyl halides is 3. The lowest BCUT2D eigenvalue weighted by atomic mass is 9.93. The number of fused-ring (bicyclic) bond motifs is 1. The van der Waals surface area contributed by atoms with Gasteiger partial charge in [0, 0.05) is 26.5 Å². The number of halogens is 6. The summed E-state index contributed by atoms with van der Waals surface area (Å²) in [6, 6.07) is 1.46. The first-order chi connectivity index (χ1) is 17.8. The smallest absolute Gasteiger partial charge is 0.373 e. The molecule has 2 N–H and O–H groups in total. The van der Waals surface area contributed by atoms with Gasteiger partial charge in [-0.05, 0) is 55.8 Å². The quantitative estimate of drug-likeness (QED) is 0.515. The predicted molar refractivity (Wildman–Crippen MR) is 121 cm³/mol. The van der Waals surface area contributed by atoms with Gasteiger partial charge in [-0.2, -0.15) is 13.2 Å². The SMILES string of the molecule is [2H]C1([2H])[C@@H]2[C@@H](NS(=O)(=O)CC)[C@@H](Cc3cccc(-c4cc(F)cc(F)c4)c3F)N(C(=O)[C@@](C)(O)C(F)(F)F)[C@@H]21. The van der Waals surface area contributed by atoms with E-state index in [1.807, 2.05) is 0 Å². The summed E-state index contributed by atoms with van der Waals surface area (Å²) in [5.41, 5.74) is -4.65. The monoisotopic (exact) mass is 552 g/mol. The molecule has 1 aliphatic carbocycles. The first-order valence-corrected chi connectivity index (χ1v) is 12.8. The van der Waals surface area contributed by atoms with E-state index in [0.29, 0.717) is 11.0 Å². The van der Waals surface area contributed by atoms with Gasteiger partial charge >= 0.3 is 6.18 Å². The fraction of sp³-hybridized carbons (Fsp3) is 0.458. The van der Waals surface area contributed by atoms with Crippen LogP contribution in [0.25, 0.3) is 11.1 Å². The maximum absolute atomic E-state index is 15.6. The van der Waals surface area contributed by atoms with Crippen LogP contribution in [-0.4, -0.2) is 60.0 Å². The Bertz CT molecular complexity index is 1400. The third-order valence-corrected chi connectivity index (χ3v) is 8.02. The van der Waals surface area contributed by atoms with Crippen LogP contribution in [0.2, 0.25) is 0 Å². The lowest BCUT2D eigenvalue weighted by Gasteiger charge is -2.37. The summed E-state index contributed by atoms with van der Waals surface area (Å²) < 4.78 is 127. The van der Waals surface area contributed by atoms with E-state index in [4.69, 9.17) is 2.74 Å². The first kappa shape index (κ1) is 24.7. The van der Waals surface area contributed by atoms with Gasteiger partial charge in [0.2, 0.25) is 15.6 Å². The van der Waals surface area contributed by atoms with Gasteiger partial charge in [-0.1, -0.05) is 18.2 Å². The van der Waals surface area contributed by atoms with Crippen molar-refractivity contribution in [3.63, 3.8) is 0 Å². The number of carbonyl (C=O) groups excluding carboxylic acids is 1. The highest BCUT2D eigenvalue weighted by Gasteiger charge is 2.66. The molecule has 0 radical (unpaired) electrons. The topological polar surface area (TPSA) is 86.7 Å². The zero-order valence-corrected chi connectivity index (χ0v) is 20.3. The Morgan fingerprint density at radius 2 is 1.81 bits per heavy atom. The molecule has 2 aromatic carbocycles. The van der Waals surface area contributed by atoms with Crippen LogP contribution in [0.3, 0.4) is 0 Å². The highest BCUT2D eigenvalue weighted by atomic mass is 32.2. The molecule has 37 heavy (non-hydrogen) atoms. The lowest BCUT2D eigenvalue weighted by molar-refractivity contribution is -0.251. The van der Waals surface area contributed by atoms with Crippen molar-refractivity contribution >= 4 is 15.9 Å². The fourth-order valence-electron chi connectivity index (χ4n) is 4.53. The van der Waals surface area contributed by atoms with Gasteiger partial charge < -0.3 is 10.0 Å². The molecule has 2 aliphatic rings. The number of rotatable bonds is 7. The van der Waals surface area contributed by atoms with Gasteiger partial charge in [0.15, 0.2) is 0 Å². The van der Waals surface area contributed by atoms with Crippen molar-refractivity contribution in [3.8, 4) is 11.1 Å². The number of hydrogen-bond donors (Lipinski definition) is 2. The van der Waals surface area contributed by atoms with Gasteiger partial charge in [0.1, 0.15) is 17.5 Å². The molecule has 0 spiro atoms. The molecule has 4 rings (SSSR count). The molecule has 1 amide bonds. The average Bonchev–Trinajstić information content (AvgIpc) is 3.20. The number of amides is 1. The Labute approximate surface area is 212 Å². The standard InChI is InChI=1S/C24H24F6N2O4S/c1-3-37(35,36)31-21-17-11-18(17)32(22(33)23(2,34)24(28,29)30)19(21)9-12-5-4-6-16(20(12)27)13-7-14(25)10-15(26)8-13/h4-8,10,17-19,21,31,34H,3,9,11H2,1-2H3/t17-,18+,19+,21+,23+/m0/s1/i11D2. The number of aliphatic hydroxyl groups is 1. The van der Waals surface area contributed by atoms with E-state index in [0.717, 1.165) is 12.1 Å². The first-order valence-electron chi connectivity index (χ1n) is 12.2. The van der Waals surface area contributed by atoms with E-state index in [1.54, 1.807) is 0 Å². The predicted octanol–water partition coefficient (Wildman–Crippen LogP) is 3.53.